The smallest absolute Gasteiger partial charge is 0.114 e. The molecule has 0 radical (unpaired) electrons. The van der Waals surface area contributed by atoms with Crippen LogP contribution in [0.4, 0.5) is 4.39 Å². The van der Waals surface area contributed by atoms with Gasteiger partial charge in [0, 0.05) is 12.6 Å². The van der Waals surface area contributed by atoms with Crippen molar-refractivity contribution in [3.63, 3.8) is 0 Å². The normalized spacial score (nSPS) is 33.5. The summed E-state index contributed by atoms with van der Waals surface area (Å²) >= 11 is 0. The Morgan fingerprint density at radius 2 is 2.18 bits per heavy atom. The summed E-state index contributed by atoms with van der Waals surface area (Å²) in [7, 11) is 2.02. The lowest BCUT2D eigenvalue weighted by molar-refractivity contribution is 0.267. The van der Waals surface area contributed by atoms with Crippen LogP contribution in [0.1, 0.15) is 26.7 Å². The molecule has 1 saturated heterocycles. The van der Waals surface area contributed by atoms with E-state index in [2.05, 4.69) is 18.7 Å². The lowest BCUT2D eigenvalue weighted by Crippen LogP contribution is -2.26. The summed E-state index contributed by atoms with van der Waals surface area (Å²) < 4.78 is 12.8. The predicted octanol–water partition coefficient (Wildman–Crippen LogP) is 2.07. The van der Waals surface area contributed by atoms with Crippen molar-refractivity contribution < 1.29 is 4.39 Å². The lowest BCUT2D eigenvalue weighted by atomic mass is 10.0. The summed E-state index contributed by atoms with van der Waals surface area (Å²) in [6.07, 6.45) is 1.30. The molecule has 0 N–H and O–H groups in total. The highest BCUT2D eigenvalue weighted by Crippen LogP contribution is 2.23. The molecule has 0 aliphatic carbocycles. The summed E-state index contributed by atoms with van der Waals surface area (Å²) in [5.74, 6) is 0.688. The van der Waals surface area contributed by atoms with Gasteiger partial charge in [0.2, 0.25) is 0 Å². The summed E-state index contributed by atoms with van der Waals surface area (Å²) in [5.41, 5.74) is 0. The van der Waals surface area contributed by atoms with Gasteiger partial charge in [0.1, 0.15) is 6.17 Å². The SMILES string of the molecule is CC(C)C[C@H]1C[C@@H](F)CN1C. The quantitative estimate of drug-likeness (QED) is 0.596. The van der Waals surface area contributed by atoms with Gasteiger partial charge >= 0.3 is 0 Å². The molecule has 0 aromatic heterocycles. The lowest BCUT2D eigenvalue weighted by Gasteiger charge is -2.20. The molecule has 2 heteroatoms. The van der Waals surface area contributed by atoms with Crippen LogP contribution in [0.25, 0.3) is 0 Å². The molecule has 0 saturated carbocycles. The van der Waals surface area contributed by atoms with Gasteiger partial charge in [-0.1, -0.05) is 13.8 Å². The molecule has 1 nitrogen and oxygen atoms in total. The minimum absolute atomic E-state index is 0.491. The fourth-order valence-electron chi connectivity index (χ4n) is 1.83. The third-order valence-electron chi connectivity index (χ3n) is 2.38. The third-order valence-corrected chi connectivity index (χ3v) is 2.38. The maximum atomic E-state index is 12.8. The number of hydrogen-bond donors (Lipinski definition) is 0. The molecule has 1 aliphatic rings. The second-order valence-corrected chi connectivity index (χ2v) is 4.06. The van der Waals surface area contributed by atoms with E-state index in [0.717, 1.165) is 12.8 Å². The Balaban J connectivity index is 2.34. The van der Waals surface area contributed by atoms with E-state index >= 15 is 0 Å². The van der Waals surface area contributed by atoms with Crippen LogP contribution in [-0.4, -0.2) is 30.7 Å². The molecule has 1 fully saturated rings. The van der Waals surface area contributed by atoms with Crippen LogP contribution in [0.3, 0.4) is 0 Å². The Hall–Kier alpha value is -0.110. The Morgan fingerprint density at radius 3 is 2.55 bits per heavy atom. The van der Waals surface area contributed by atoms with Crippen molar-refractivity contribution in [1.82, 2.24) is 4.90 Å². The third kappa shape index (κ3) is 2.44. The van der Waals surface area contributed by atoms with E-state index in [4.69, 9.17) is 0 Å². The van der Waals surface area contributed by atoms with Crippen LogP contribution >= 0.6 is 0 Å². The van der Waals surface area contributed by atoms with Crippen molar-refractivity contribution in [3.8, 4) is 0 Å². The van der Waals surface area contributed by atoms with Crippen LogP contribution in [0.15, 0.2) is 0 Å². The number of halogens is 1. The maximum Gasteiger partial charge on any atom is 0.114 e. The highest BCUT2D eigenvalue weighted by Gasteiger charge is 2.29. The molecule has 1 aliphatic heterocycles. The predicted molar refractivity (Wildman–Crippen MR) is 45.4 cm³/mol. The van der Waals surface area contributed by atoms with Gasteiger partial charge < -0.3 is 4.90 Å². The van der Waals surface area contributed by atoms with E-state index < -0.39 is 6.17 Å². The fraction of sp³-hybridized carbons (Fsp3) is 1.00. The Bertz CT molecular complexity index is 125. The zero-order chi connectivity index (χ0) is 8.43. The first kappa shape index (κ1) is 8.98. The van der Waals surface area contributed by atoms with Crippen molar-refractivity contribution in [2.75, 3.05) is 13.6 Å². The minimum atomic E-state index is -0.580. The molecule has 0 aromatic carbocycles. The molecule has 0 unspecified atom stereocenters. The minimum Gasteiger partial charge on any atom is -0.300 e. The Labute approximate surface area is 68.6 Å². The second-order valence-electron chi connectivity index (χ2n) is 4.06. The molecule has 0 bridgehead atoms. The number of likely N-dealkylation sites (tertiary alicyclic amines) is 1. The van der Waals surface area contributed by atoms with Crippen LogP contribution in [0.5, 0.6) is 0 Å². The number of rotatable bonds is 2. The van der Waals surface area contributed by atoms with Crippen LogP contribution in [0, 0.1) is 5.92 Å². The molecular weight excluding hydrogens is 141 g/mol. The van der Waals surface area contributed by atoms with Crippen LogP contribution in [-0.2, 0) is 0 Å². The number of hydrogen-bond acceptors (Lipinski definition) is 1. The highest BCUT2D eigenvalue weighted by atomic mass is 19.1. The largest absolute Gasteiger partial charge is 0.300 e. The first-order valence-electron chi connectivity index (χ1n) is 4.44. The van der Waals surface area contributed by atoms with Crippen molar-refractivity contribution in [3.05, 3.63) is 0 Å². The summed E-state index contributed by atoms with van der Waals surface area (Å²) in [4.78, 5) is 2.14. The van der Waals surface area contributed by atoms with E-state index in [0.29, 0.717) is 18.5 Å². The van der Waals surface area contributed by atoms with Crippen molar-refractivity contribution >= 4 is 0 Å². The molecule has 0 amide bonds. The molecule has 1 rings (SSSR count). The maximum absolute atomic E-state index is 12.8. The first-order chi connectivity index (χ1) is 5.09. The van der Waals surface area contributed by atoms with Gasteiger partial charge in [0.25, 0.3) is 0 Å². The zero-order valence-corrected chi connectivity index (χ0v) is 7.68. The van der Waals surface area contributed by atoms with E-state index in [9.17, 15) is 4.39 Å². The molecule has 0 aromatic rings. The monoisotopic (exact) mass is 159 g/mol. The summed E-state index contributed by atoms with van der Waals surface area (Å²) in [5, 5.41) is 0. The van der Waals surface area contributed by atoms with Crippen molar-refractivity contribution in [2.45, 2.75) is 38.9 Å². The van der Waals surface area contributed by atoms with Crippen molar-refractivity contribution in [2.24, 2.45) is 5.92 Å². The van der Waals surface area contributed by atoms with E-state index in [-0.39, 0.29) is 0 Å². The Kier molecular flexibility index (Phi) is 2.88. The van der Waals surface area contributed by atoms with Crippen LogP contribution in [0.2, 0.25) is 0 Å². The highest BCUT2D eigenvalue weighted by molar-refractivity contribution is 4.83. The molecule has 0 spiro atoms. The summed E-state index contributed by atoms with van der Waals surface area (Å²) in [6.45, 7) is 5.02. The second kappa shape index (κ2) is 3.53. The molecule has 11 heavy (non-hydrogen) atoms. The molecule has 66 valence electrons. The molecular formula is C9H18FN. The van der Waals surface area contributed by atoms with E-state index in [1.165, 1.54) is 0 Å². The van der Waals surface area contributed by atoms with Gasteiger partial charge in [-0.05, 0) is 25.8 Å². The van der Waals surface area contributed by atoms with Gasteiger partial charge in [-0.15, -0.1) is 0 Å². The van der Waals surface area contributed by atoms with Gasteiger partial charge in [-0.3, -0.25) is 0 Å². The van der Waals surface area contributed by atoms with Crippen LogP contribution < -0.4 is 0 Å². The fourth-order valence-corrected chi connectivity index (χ4v) is 1.83. The van der Waals surface area contributed by atoms with Gasteiger partial charge in [-0.2, -0.15) is 0 Å². The van der Waals surface area contributed by atoms with Gasteiger partial charge in [0.15, 0.2) is 0 Å². The van der Waals surface area contributed by atoms with Crippen molar-refractivity contribution in [1.29, 1.82) is 0 Å². The Morgan fingerprint density at radius 1 is 1.55 bits per heavy atom. The first-order valence-corrected chi connectivity index (χ1v) is 4.44. The van der Waals surface area contributed by atoms with E-state index in [1.807, 2.05) is 7.05 Å². The average molecular weight is 159 g/mol. The average Bonchev–Trinajstić information content (AvgIpc) is 2.09. The number of alkyl halides is 1. The molecule has 1 heterocycles. The zero-order valence-electron chi connectivity index (χ0n) is 7.68. The summed E-state index contributed by atoms with van der Waals surface area (Å²) in [6, 6.07) is 0.491. The van der Waals surface area contributed by atoms with Gasteiger partial charge in [0.05, 0.1) is 0 Å². The number of nitrogens with zero attached hydrogens (tertiary/aromatic N) is 1. The topological polar surface area (TPSA) is 3.24 Å². The standard InChI is InChI=1S/C9H18FN/c1-7(2)4-9-5-8(10)6-11(9)3/h7-9H,4-6H2,1-3H3/t8-,9+/m1/s1. The van der Waals surface area contributed by atoms with E-state index in [1.54, 1.807) is 0 Å². The molecule has 2 atom stereocenters. The van der Waals surface area contributed by atoms with Gasteiger partial charge in [-0.25, -0.2) is 4.39 Å².